The van der Waals surface area contributed by atoms with Gasteiger partial charge in [0.25, 0.3) is 0 Å². The van der Waals surface area contributed by atoms with E-state index in [1.807, 2.05) is 6.92 Å². The maximum Gasteiger partial charge on any atom is 0.248 e. The Morgan fingerprint density at radius 1 is 1.37 bits per heavy atom. The topological polar surface area (TPSA) is 26.3 Å². The zero-order valence-electron chi connectivity index (χ0n) is 11.0. The molecule has 19 heavy (non-hydrogen) atoms. The number of Topliss-reactive ketones (excluding diaryl/α,β-unsaturated/α-hetero) is 1. The summed E-state index contributed by atoms with van der Waals surface area (Å²) in [5, 5.41) is 0. The zero-order chi connectivity index (χ0) is 13.9. The number of hydrogen-bond acceptors (Lipinski definition) is 2. The molecule has 1 fully saturated rings. The molecule has 1 aliphatic carbocycles. The van der Waals surface area contributed by atoms with Gasteiger partial charge in [-0.1, -0.05) is 0 Å². The molecule has 2 rings (SSSR count). The van der Waals surface area contributed by atoms with Crippen molar-refractivity contribution in [2.24, 2.45) is 5.92 Å². The third-order valence-electron chi connectivity index (χ3n) is 3.46. The van der Waals surface area contributed by atoms with Crippen LogP contribution in [0, 0.1) is 5.92 Å². The SMILES string of the molecule is CCOc1ccc(C(=O)C2CCCC(F)(F)C2)cc1. The van der Waals surface area contributed by atoms with Gasteiger partial charge >= 0.3 is 0 Å². The first-order valence-corrected chi connectivity index (χ1v) is 6.67. The van der Waals surface area contributed by atoms with Crippen LogP contribution in [-0.2, 0) is 0 Å². The Balaban J connectivity index is 2.06. The van der Waals surface area contributed by atoms with E-state index in [0.29, 0.717) is 30.8 Å². The van der Waals surface area contributed by atoms with E-state index < -0.39 is 11.8 Å². The summed E-state index contributed by atoms with van der Waals surface area (Å²) in [4.78, 5) is 12.2. The molecule has 0 saturated heterocycles. The lowest BCUT2D eigenvalue weighted by atomic mass is 9.82. The van der Waals surface area contributed by atoms with Crippen molar-refractivity contribution >= 4 is 5.78 Å². The van der Waals surface area contributed by atoms with Gasteiger partial charge in [0, 0.05) is 24.3 Å². The van der Waals surface area contributed by atoms with E-state index in [2.05, 4.69) is 0 Å². The van der Waals surface area contributed by atoms with Gasteiger partial charge < -0.3 is 4.74 Å². The highest BCUT2D eigenvalue weighted by Gasteiger charge is 2.39. The average molecular weight is 268 g/mol. The van der Waals surface area contributed by atoms with E-state index in [4.69, 9.17) is 4.74 Å². The van der Waals surface area contributed by atoms with Gasteiger partial charge in [-0.25, -0.2) is 8.78 Å². The number of hydrogen-bond donors (Lipinski definition) is 0. The first kappa shape index (κ1) is 14.0. The van der Waals surface area contributed by atoms with Crippen LogP contribution in [0.25, 0.3) is 0 Å². The molecule has 1 aromatic carbocycles. The van der Waals surface area contributed by atoms with Crippen molar-refractivity contribution in [2.75, 3.05) is 6.61 Å². The van der Waals surface area contributed by atoms with E-state index in [0.717, 1.165) is 0 Å². The van der Waals surface area contributed by atoms with Crippen LogP contribution in [0.2, 0.25) is 0 Å². The van der Waals surface area contributed by atoms with Crippen molar-refractivity contribution in [3.8, 4) is 5.75 Å². The van der Waals surface area contributed by atoms with Crippen molar-refractivity contribution in [3.05, 3.63) is 29.8 Å². The molecule has 0 heterocycles. The highest BCUT2D eigenvalue weighted by molar-refractivity contribution is 5.98. The summed E-state index contributed by atoms with van der Waals surface area (Å²) in [6.07, 6.45) is 0.557. The summed E-state index contributed by atoms with van der Waals surface area (Å²) < 4.78 is 31.9. The van der Waals surface area contributed by atoms with E-state index in [1.54, 1.807) is 24.3 Å². The predicted octanol–water partition coefficient (Wildman–Crippen LogP) is 4.09. The molecule has 0 bridgehead atoms. The molecule has 0 spiro atoms. The average Bonchev–Trinajstić information content (AvgIpc) is 2.38. The minimum atomic E-state index is -2.69. The molecule has 0 aliphatic heterocycles. The quantitative estimate of drug-likeness (QED) is 0.769. The number of halogens is 2. The third-order valence-corrected chi connectivity index (χ3v) is 3.46. The summed E-state index contributed by atoms with van der Waals surface area (Å²) in [7, 11) is 0. The number of carbonyl (C=O) groups is 1. The fourth-order valence-corrected chi connectivity index (χ4v) is 2.51. The fraction of sp³-hybridized carbons (Fsp3) is 0.533. The fourth-order valence-electron chi connectivity index (χ4n) is 2.51. The first-order valence-electron chi connectivity index (χ1n) is 6.67. The van der Waals surface area contributed by atoms with E-state index in [-0.39, 0.29) is 18.6 Å². The largest absolute Gasteiger partial charge is 0.494 e. The van der Waals surface area contributed by atoms with Crippen LogP contribution in [0.15, 0.2) is 24.3 Å². The molecule has 0 radical (unpaired) electrons. The molecule has 1 unspecified atom stereocenters. The lowest BCUT2D eigenvalue weighted by Gasteiger charge is -2.27. The third kappa shape index (κ3) is 3.52. The summed E-state index contributed by atoms with van der Waals surface area (Å²) in [6, 6.07) is 6.72. The lowest BCUT2D eigenvalue weighted by molar-refractivity contribution is -0.0477. The Labute approximate surface area is 111 Å². The monoisotopic (exact) mass is 268 g/mol. The smallest absolute Gasteiger partial charge is 0.248 e. The van der Waals surface area contributed by atoms with Crippen LogP contribution in [0.4, 0.5) is 8.78 Å². The van der Waals surface area contributed by atoms with E-state index in [1.165, 1.54) is 0 Å². The molecular formula is C15H18F2O2. The molecule has 2 nitrogen and oxygen atoms in total. The van der Waals surface area contributed by atoms with Gasteiger partial charge in [-0.05, 0) is 44.0 Å². The van der Waals surface area contributed by atoms with Gasteiger partial charge in [0.1, 0.15) is 5.75 Å². The molecule has 0 amide bonds. The Bertz CT molecular complexity index is 440. The number of carbonyl (C=O) groups excluding carboxylic acids is 1. The van der Waals surface area contributed by atoms with Crippen LogP contribution in [0.1, 0.15) is 43.0 Å². The second kappa shape index (κ2) is 5.68. The zero-order valence-corrected chi connectivity index (χ0v) is 11.0. The van der Waals surface area contributed by atoms with Gasteiger partial charge in [0.05, 0.1) is 6.61 Å². The van der Waals surface area contributed by atoms with Crippen molar-refractivity contribution in [1.82, 2.24) is 0 Å². The van der Waals surface area contributed by atoms with Gasteiger partial charge in [0.2, 0.25) is 5.92 Å². The molecule has 104 valence electrons. The van der Waals surface area contributed by atoms with Crippen LogP contribution in [0.3, 0.4) is 0 Å². The van der Waals surface area contributed by atoms with Gasteiger partial charge in [-0.2, -0.15) is 0 Å². The Morgan fingerprint density at radius 3 is 2.63 bits per heavy atom. The van der Waals surface area contributed by atoms with Crippen LogP contribution < -0.4 is 4.74 Å². The summed E-state index contributed by atoms with van der Waals surface area (Å²) in [5.41, 5.74) is 0.492. The maximum absolute atomic E-state index is 13.3. The summed E-state index contributed by atoms with van der Waals surface area (Å²) in [5.74, 6) is -2.73. The molecule has 1 aliphatic rings. The van der Waals surface area contributed by atoms with Crippen molar-refractivity contribution in [3.63, 3.8) is 0 Å². The normalized spacial score (nSPS) is 21.9. The van der Waals surface area contributed by atoms with Crippen molar-refractivity contribution in [2.45, 2.75) is 38.5 Å². The Kier molecular flexibility index (Phi) is 4.17. The highest BCUT2D eigenvalue weighted by Crippen LogP contribution is 2.38. The first-order chi connectivity index (χ1) is 9.02. The molecule has 0 N–H and O–H groups in total. The lowest BCUT2D eigenvalue weighted by Crippen LogP contribution is -2.30. The summed E-state index contributed by atoms with van der Waals surface area (Å²) in [6.45, 7) is 2.44. The van der Waals surface area contributed by atoms with Gasteiger partial charge in [-0.15, -0.1) is 0 Å². The highest BCUT2D eigenvalue weighted by atomic mass is 19.3. The van der Waals surface area contributed by atoms with E-state index in [9.17, 15) is 13.6 Å². The molecule has 0 aromatic heterocycles. The van der Waals surface area contributed by atoms with Crippen LogP contribution in [0.5, 0.6) is 5.75 Å². The molecule has 4 heteroatoms. The predicted molar refractivity (Wildman–Crippen MR) is 68.8 cm³/mol. The minimum Gasteiger partial charge on any atom is -0.494 e. The molecular weight excluding hydrogens is 250 g/mol. The van der Waals surface area contributed by atoms with E-state index >= 15 is 0 Å². The van der Waals surface area contributed by atoms with Gasteiger partial charge in [0.15, 0.2) is 5.78 Å². The molecule has 1 aromatic rings. The standard InChI is InChI=1S/C15H18F2O2/c1-2-19-13-7-5-11(6-8-13)14(18)12-4-3-9-15(16,17)10-12/h5-8,12H,2-4,9-10H2,1H3. The van der Waals surface area contributed by atoms with Crippen molar-refractivity contribution < 1.29 is 18.3 Å². The Morgan fingerprint density at radius 2 is 2.05 bits per heavy atom. The second-order valence-corrected chi connectivity index (χ2v) is 4.97. The number of ketones is 1. The van der Waals surface area contributed by atoms with Crippen molar-refractivity contribution in [1.29, 1.82) is 0 Å². The summed E-state index contributed by atoms with van der Waals surface area (Å²) >= 11 is 0. The van der Waals surface area contributed by atoms with Gasteiger partial charge in [-0.3, -0.25) is 4.79 Å². The maximum atomic E-state index is 13.3. The van der Waals surface area contributed by atoms with Crippen LogP contribution >= 0.6 is 0 Å². The number of benzene rings is 1. The number of ether oxygens (including phenoxy) is 1. The number of alkyl halides is 2. The molecule has 1 saturated carbocycles. The Hall–Kier alpha value is -1.45. The number of rotatable bonds is 4. The second-order valence-electron chi connectivity index (χ2n) is 4.97. The minimum absolute atomic E-state index is 0.0972. The molecule has 1 atom stereocenters. The van der Waals surface area contributed by atoms with Crippen LogP contribution in [-0.4, -0.2) is 18.3 Å².